The van der Waals surface area contributed by atoms with Gasteiger partial charge in [-0.05, 0) is 31.4 Å². The normalized spacial score (nSPS) is 17.0. The summed E-state index contributed by atoms with van der Waals surface area (Å²) in [5.74, 6) is 2.19. The van der Waals surface area contributed by atoms with Crippen LogP contribution in [0.4, 0.5) is 0 Å². The molecule has 0 spiro atoms. The molecular formula is C21H35N3O4. The summed E-state index contributed by atoms with van der Waals surface area (Å²) < 4.78 is 22.0. The molecule has 0 amide bonds. The summed E-state index contributed by atoms with van der Waals surface area (Å²) in [6, 6.07) is 6.32. The van der Waals surface area contributed by atoms with Crippen molar-refractivity contribution in [3.05, 3.63) is 29.3 Å². The van der Waals surface area contributed by atoms with Gasteiger partial charge in [0.2, 0.25) is 0 Å². The van der Waals surface area contributed by atoms with Crippen LogP contribution in [0.15, 0.2) is 23.2 Å². The molecule has 1 aliphatic rings. The first-order valence-electron chi connectivity index (χ1n) is 10.0. The lowest BCUT2D eigenvalue weighted by molar-refractivity contribution is 0.0698. The van der Waals surface area contributed by atoms with Crippen LogP contribution in [-0.2, 0) is 20.8 Å². The molecule has 28 heavy (non-hydrogen) atoms. The number of hydrogen-bond acceptors (Lipinski definition) is 5. The largest absolute Gasteiger partial charge is 0.493 e. The minimum atomic E-state index is 0.488. The molecule has 1 unspecified atom stereocenters. The number of benzene rings is 1. The molecule has 0 bridgehead atoms. The minimum absolute atomic E-state index is 0.488. The van der Waals surface area contributed by atoms with Crippen LogP contribution in [0, 0.1) is 12.8 Å². The first-order valence-corrected chi connectivity index (χ1v) is 10.0. The fraction of sp³-hybridized carbons (Fsp3) is 0.667. The van der Waals surface area contributed by atoms with Gasteiger partial charge in [0.25, 0.3) is 0 Å². The Kier molecular flexibility index (Phi) is 10.7. The van der Waals surface area contributed by atoms with Gasteiger partial charge in [0.1, 0.15) is 5.75 Å². The molecule has 2 rings (SSSR count). The highest BCUT2D eigenvalue weighted by atomic mass is 16.5. The van der Waals surface area contributed by atoms with Crippen LogP contribution in [0.1, 0.15) is 24.0 Å². The van der Waals surface area contributed by atoms with Crippen molar-refractivity contribution in [3.8, 4) is 5.75 Å². The number of aryl methyl sites for hydroxylation is 1. The fourth-order valence-corrected chi connectivity index (χ4v) is 2.89. The predicted molar refractivity (Wildman–Crippen MR) is 111 cm³/mol. The van der Waals surface area contributed by atoms with Gasteiger partial charge in [-0.1, -0.05) is 12.1 Å². The molecule has 158 valence electrons. The standard InChI is InChI=1S/C21H35N3O4/c1-17-5-6-19(20(13-17)28-16-18-7-10-27-15-18)14-24-21(22-2)23-8-4-9-26-12-11-25-3/h5-6,13,18H,4,7-12,14-16H2,1-3H3,(H2,22,23,24). The number of ether oxygens (including phenoxy) is 4. The van der Waals surface area contributed by atoms with E-state index in [0.29, 0.717) is 38.9 Å². The van der Waals surface area contributed by atoms with E-state index >= 15 is 0 Å². The molecule has 1 atom stereocenters. The van der Waals surface area contributed by atoms with Crippen molar-refractivity contribution >= 4 is 5.96 Å². The topological polar surface area (TPSA) is 73.3 Å². The molecular weight excluding hydrogens is 358 g/mol. The second kappa shape index (κ2) is 13.4. The molecule has 1 fully saturated rings. The Morgan fingerprint density at radius 2 is 2.14 bits per heavy atom. The zero-order valence-electron chi connectivity index (χ0n) is 17.5. The van der Waals surface area contributed by atoms with E-state index in [0.717, 1.165) is 49.9 Å². The van der Waals surface area contributed by atoms with E-state index in [9.17, 15) is 0 Å². The quantitative estimate of drug-likeness (QED) is 0.322. The zero-order valence-corrected chi connectivity index (χ0v) is 17.5. The Morgan fingerprint density at radius 1 is 1.25 bits per heavy atom. The van der Waals surface area contributed by atoms with Gasteiger partial charge in [-0.15, -0.1) is 0 Å². The molecule has 0 saturated carbocycles. The summed E-state index contributed by atoms with van der Waals surface area (Å²) in [4.78, 5) is 4.28. The fourth-order valence-electron chi connectivity index (χ4n) is 2.89. The van der Waals surface area contributed by atoms with Crippen molar-refractivity contribution in [1.82, 2.24) is 10.6 Å². The van der Waals surface area contributed by atoms with Gasteiger partial charge in [0, 0.05) is 51.9 Å². The highest BCUT2D eigenvalue weighted by Gasteiger charge is 2.17. The van der Waals surface area contributed by atoms with Crippen molar-refractivity contribution in [1.29, 1.82) is 0 Å². The van der Waals surface area contributed by atoms with E-state index in [2.05, 4.69) is 40.7 Å². The number of nitrogens with zero attached hydrogens (tertiary/aromatic N) is 1. The molecule has 1 aromatic rings. The van der Waals surface area contributed by atoms with Crippen LogP contribution in [-0.4, -0.2) is 66.3 Å². The summed E-state index contributed by atoms with van der Waals surface area (Å²) in [5, 5.41) is 6.67. The first kappa shape index (κ1) is 22.5. The smallest absolute Gasteiger partial charge is 0.191 e. The van der Waals surface area contributed by atoms with Crippen LogP contribution in [0.2, 0.25) is 0 Å². The third-order valence-electron chi connectivity index (χ3n) is 4.58. The van der Waals surface area contributed by atoms with Gasteiger partial charge in [-0.25, -0.2) is 0 Å². The van der Waals surface area contributed by atoms with Crippen molar-refractivity contribution in [3.63, 3.8) is 0 Å². The number of aliphatic imine (C=N–C) groups is 1. The minimum Gasteiger partial charge on any atom is -0.493 e. The maximum absolute atomic E-state index is 6.11. The Labute approximate surface area is 168 Å². The zero-order chi connectivity index (χ0) is 20.0. The molecule has 1 saturated heterocycles. The van der Waals surface area contributed by atoms with E-state index in [1.165, 1.54) is 5.56 Å². The summed E-state index contributed by atoms with van der Waals surface area (Å²) in [5.41, 5.74) is 2.31. The van der Waals surface area contributed by atoms with Crippen molar-refractivity contribution < 1.29 is 18.9 Å². The lowest BCUT2D eigenvalue weighted by Gasteiger charge is -2.17. The van der Waals surface area contributed by atoms with Gasteiger partial charge in [0.05, 0.1) is 26.4 Å². The summed E-state index contributed by atoms with van der Waals surface area (Å²) in [6.07, 6.45) is 1.98. The average Bonchev–Trinajstić information content (AvgIpc) is 3.22. The second-order valence-electron chi connectivity index (χ2n) is 6.96. The molecule has 1 aliphatic heterocycles. The van der Waals surface area contributed by atoms with E-state index in [4.69, 9.17) is 18.9 Å². The number of rotatable bonds is 12. The Morgan fingerprint density at radius 3 is 2.89 bits per heavy atom. The van der Waals surface area contributed by atoms with Crippen LogP contribution in [0.25, 0.3) is 0 Å². The lowest BCUT2D eigenvalue weighted by Crippen LogP contribution is -2.37. The monoisotopic (exact) mass is 393 g/mol. The maximum atomic E-state index is 6.11. The van der Waals surface area contributed by atoms with Gasteiger partial charge >= 0.3 is 0 Å². The molecule has 7 heteroatoms. The molecule has 1 aromatic carbocycles. The van der Waals surface area contributed by atoms with Gasteiger partial charge < -0.3 is 29.6 Å². The third kappa shape index (κ3) is 8.46. The average molecular weight is 394 g/mol. The van der Waals surface area contributed by atoms with Gasteiger partial charge in [-0.3, -0.25) is 4.99 Å². The molecule has 7 nitrogen and oxygen atoms in total. The first-order chi connectivity index (χ1) is 13.7. The van der Waals surface area contributed by atoms with Crippen molar-refractivity contribution in [2.45, 2.75) is 26.3 Å². The highest BCUT2D eigenvalue weighted by molar-refractivity contribution is 5.79. The van der Waals surface area contributed by atoms with Gasteiger partial charge in [-0.2, -0.15) is 0 Å². The lowest BCUT2D eigenvalue weighted by atomic mass is 10.1. The highest BCUT2D eigenvalue weighted by Crippen LogP contribution is 2.22. The molecule has 0 aliphatic carbocycles. The predicted octanol–water partition coefficient (Wildman–Crippen LogP) is 2.13. The van der Waals surface area contributed by atoms with Crippen molar-refractivity contribution in [2.75, 3.05) is 60.3 Å². The van der Waals surface area contributed by atoms with E-state index in [1.54, 1.807) is 14.2 Å². The molecule has 2 N–H and O–H groups in total. The maximum Gasteiger partial charge on any atom is 0.191 e. The molecule has 1 heterocycles. The van der Waals surface area contributed by atoms with E-state index in [1.807, 2.05) is 0 Å². The van der Waals surface area contributed by atoms with Crippen LogP contribution in [0.5, 0.6) is 5.75 Å². The Hall–Kier alpha value is -1.83. The summed E-state index contributed by atoms with van der Waals surface area (Å²) in [7, 11) is 3.45. The second-order valence-corrected chi connectivity index (χ2v) is 6.96. The SMILES string of the molecule is CN=C(NCCCOCCOC)NCc1ccc(C)cc1OCC1CCOC1. The Balaban J connectivity index is 1.74. The summed E-state index contributed by atoms with van der Waals surface area (Å²) >= 11 is 0. The number of guanidine groups is 1. The number of methoxy groups -OCH3 is 1. The van der Waals surface area contributed by atoms with Crippen LogP contribution >= 0.6 is 0 Å². The number of nitrogens with one attached hydrogen (secondary N) is 2. The molecule has 0 aromatic heterocycles. The van der Waals surface area contributed by atoms with Crippen LogP contribution in [0.3, 0.4) is 0 Å². The summed E-state index contributed by atoms with van der Waals surface area (Å²) in [6.45, 7) is 7.84. The van der Waals surface area contributed by atoms with Gasteiger partial charge in [0.15, 0.2) is 5.96 Å². The van der Waals surface area contributed by atoms with Crippen molar-refractivity contribution in [2.24, 2.45) is 10.9 Å². The van der Waals surface area contributed by atoms with E-state index in [-0.39, 0.29) is 0 Å². The van der Waals surface area contributed by atoms with E-state index < -0.39 is 0 Å². The third-order valence-corrected chi connectivity index (χ3v) is 4.58. The Bertz CT molecular complexity index is 589. The molecule has 0 radical (unpaired) electrons. The van der Waals surface area contributed by atoms with Crippen LogP contribution < -0.4 is 15.4 Å². The number of hydrogen-bond donors (Lipinski definition) is 2.